The van der Waals surface area contributed by atoms with Crippen molar-refractivity contribution < 1.29 is 23.9 Å². The number of rotatable bonds is 11. The highest BCUT2D eigenvalue weighted by atomic mass is 16.5. The standard InChI is InChI=1S/C31H31N5O5/c1-32-22-12-9-20(10-13-22)7-8-21-11-16-27(34-19-21)41-18-3-2-17-33-24-6-4-5-23-28(24)31(40)36(30(23)39)25-14-15-26(37)35-29(25)38/h4-13,16,19,25,32-33H,2-3,14-15,17-18H2,1H3,(H,35,37,38)/b8-7+. The molecule has 3 aromatic rings. The molecule has 0 radical (unpaired) electrons. The van der Waals surface area contributed by atoms with Crippen LogP contribution in [0.5, 0.6) is 5.88 Å². The first-order chi connectivity index (χ1) is 19.9. The molecule has 2 aliphatic rings. The van der Waals surface area contributed by atoms with Gasteiger partial charge >= 0.3 is 0 Å². The van der Waals surface area contributed by atoms with Gasteiger partial charge in [-0.15, -0.1) is 0 Å². The normalized spacial score (nSPS) is 16.6. The number of nitrogens with one attached hydrogen (secondary N) is 3. The average molecular weight is 554 g/mol. The van der Waals surface area contributed by atoms with E-state index in [1.807, 2.05) is 55.6 Å². The summed E-state index contributed by atoms with van der Waals surface area (Å²) in [6.45, 7) is 1.04. The van der Waals surface area contributed by atoms with Crippen molar-refractivity contribution in [2.24, 2.45) is 0 Å². The highest BCUT2D eigenvalue weighted by Gasteiger charge is 2.45. The van der Waals surface area contributed by atoms with Crippen LogP contribution in [0.4, 0.5) is 11.4 Å². The van der Waals surface area contributed by atoms with E-state index in [1.165, 1.54) is 0 Å². The van der Waals surface area contributed by atoms with Crippen LogP contribution in [0.3, 0.4) is 0 Å². The third-order valence-electron chi connectivity index (χ3n) is 7.03. The Kier molecular flexibility index (Phi) is 8.38. The van der Waals surface area contributed by atoms with Gasteiger partial charge in [0.05, 0.1) is 17.7 Å². The molecule has 41 heavy (non-hydrogen) atoms. The fraction of sp³-hybridized carbons (Fsp3) is 0.258. The van der Waals surface area contributed by atoms with E-state index in [0.29, 0.717) is 24.7 Å². The number of piperidine rings is 1. The predicted molar refractivity (Wildman–Crippen MR) is 155 cm³/mol. The monoisotopic (exact) mass is 553 g/mol. The van der Waals surface area contributed by atoms with Crippen molar-refractivity contribution in [3.05, 3.63) is 83.0 Å². The smallest absolute Gasteiger partial charge is 0.264 e. The molecule has 1 saturated heterocycles. The molecule has 1 atom stereocenters. The Balaban J connectivity index is 1.08. The molecule has 3 heterocycles. The molecule has 3 N–H and O–H groups in total. The van der Waals surface area contributed by atoms with Gasteiger partial charge in [-0.3, -0.25) is 29.4 Å². The number of anilines is 2. The summed E-state index contributed by atoms with van der Waals surface area (Å²) >= 11 is 0. The van der Waals surface area contributed by atoms with Gasteiger partial charge < -0.3 is 15.4 Å². The van der Waals surface area contributed by atoms with E-state index in [2.05, 4.69) is 20.9 Å². The summed E-state index contributed by atoms with van der Waals surface area (Å²) < 4.78 is 5.77. The molecule has 210 valence electrons. The summed E-state index contributed by atoms with van der Waals surface area (Å²) in [4.78, 5) is 55.3. The van der Waals surface area contributed by atoms with Crippen LogP contribution in [0.1, 0.15) is 57.5 Å². The van der Waals surface area contributed by atoms with Crippen LogP contribution in [0.25, 0.3) is 12.2 Å². The maximum absolute atomic E-state index is 13.2. The van der Waals surface area contributed by atoms with Crippen LogP contribution < -0.4 is 20.7 Å². The zero-order valence-corrected chi connectivity index (χ0v) is 22.7. The number of fused-ring (bicyclic) bond motifs is 1. The van der Waals surface area contributed by atoms with Crippen molar-refractivity contribution in [3.63, 3.8) is 0 Å². The number of ether oxygens (including phenoxy) is 1. The van der Waals surface area contributed by atoms with E-state index < -0.39 is 29.7 Å². The summed E-state index contributed by atoms with van der Waals surface area (Å²) in [5.74, 6) is -1.52. The van der Waals surface area contributed by atoms with Gasteiger partial charge in [-0.05, 0) is 60.7 Å². The lowest BCUT2D eigenvalue weighted by atomic mass is 10.0. The molecular formula is C31H31N5O5. The molecule has 1 aromatic heterocycles. The van der Waals surface area contributed by atoms with Gasteiger partial charge in [0.2, 0.25) is 17.7 Å². The van der Waals surface area contributed by atoms with Crippen molar-refractivity contribution >= 4 is 47.2 Å². The molecule has 5 rings (SSSR count). The van der Waals surface area contributed by atoms with E-state index in [4.69, 9.17) is 4.74 Å². The molecule has 1 fully saturated rings. The molecule has 2 aromatic carbocycles. The summed E-state index contributed by atoms with van der Waals surface area (Å²) in [6.07, 6.45) is 7.52. The van der Waals surface area contributed by atoms with Gasteiger partial charge in [-0.25, -0.2) is 4.98 Å². The minimum absolute atomic E-state index is 0.0834. The number of carbonyl (C=O) groups is 4. The molecule has 10 heteroatoms. The van der Waals surface area contributed by atoms with E-state index in [0.717, 1.165) is 34.6 Å². The summed E-state index contributed by atoms with van der Waals surface area (Å²) in [6, 6.07) is 16.0. The summed E-state index contributed by atoms with van der Waals surface area (Å²) in [7, 11) is 1.89. The van der Waals surface area contributed by atoms with Crippen molar-refractivity contribution in [3.8, 4) is 5.88 Å². The first-order valence-electron chi connectivity index (χ1n) is 13.6. The van der Waals surface area contributed by atoms with Gasteiger partial charge in [0, 0.05) is 43.7 Å². The van der Waals surface area contributed by atoms with Gasteiger partial charge in [-0.1, -0.05) is 30.4 Å². The second kappa shape index (κ2) is 12.5. The third kappa shape index (κ3) is 6.27. The predicted octanol–water partition coefficient (Wildman–Crippen LogP) is 3.97. The number of nitrogens with zero attached hydrogens (tertiary/aromatic N) is 2. The Morgan fingerprint density at radius 2 is 1.76 bits per heavy atom. The quantitative estimate of drug-likeness (QED) is 0.240. The Hall–Kier alpha value is -4.99. The number of carbonyl (C=O) groups excluding carboxylic acids is 4. The maximum atomic E-state index is 13.2. The van der Waals surface area contributed by atoms with Crippen LogP contribution >= 0.6 is 0 Å². The maximum Gasteiger partial charge on any atom is 0.264 e. The van der Waals surface area contributed by atoms with Crippen LogP contribution in [-0.2, 0) is 9.59 Å². The minimum Gasteiger partial charge on any atom is -0.478 e. The number of unbranched alkanes of at least 4 members (excludes halogenated alkanes) is 1. The van der Waals surface area contributed by atoms with Gasteiger partial charge in [0.25, 0.3) is 11.8 Å². The van der Waals surface area contributed by atoms with Crippen LogP contribution in [0.15, 0.2) is 60.8 Å². The number of imide groups is 2. The first-order valence-corrected chi connectivity index (χ1v) is 13.6. The van der Waals surface area contributed by atoms with E-state index >= 15 is 0 Å². The van der Waals surface area contributed by atoms with Crippen molar-refractivity contribution in [1.82, 2.24) is 15.2 Å². The average Bonchev–Trinajstić information content (AvgIpc) is 3.24. The summed E-state index contributed by atoms with van der Waals surface area (Å²) in [5.41, 5.74) is 4.19. The van der Waals surface area contributed by atoms with Crippen molar-refractivity contribution in [2.45, 2.75) is 31.7 Å². The number of amides is 4. The molecule has 10 nitrogen and oxygen atoms in total. The zero-order valence-electron chi connectivity index (χ0n) is 22.7. The molecule has 0 aliphatic carbocycles. The SMILES string of the molecule is CNc1ccc(/C=C/c2ccc(OCCCCNc3cccc4c3C(=O)N(C3CCC(=O)NC3=O)C4=O)nc2)cc1. The Labute approximate surface area is 237 Å². The van der Waals surface area contributed by atoms with Gasteiger partial charge in [0.15, 0.2) is 0 Å². The third-order valence-corrected chi connectivity index (χ3v) is 7.03. The van der Waals surface area contributed by atoms with E-state index in [-0.39, 0.29) is 24.0 Å². The first kappa shape index (κ1) is 27.6. The number of hydrogen-bond donors (Lipinski definition) is 3. The zero-order chi connectivity index (χ0) is 28.8. The van der Waals surface area contributed by atoms with Crippen LogP contribution in [-0.4, -0.2) is 59.8 Å². The minimum atomic E-state index is -0.987. The number of hydrogen-bond acceptors (Lipinski definition) is 8. The fourth-order valence-electron chi connectivity index (χ4n) is 4.82. The van der Waals surface area contributed by atoms with E-state index in [9.17, 15) is 19.2 Å². The number of pyridine rings is 1. The largest absolute Gasteiger partial charge is 0.478 e. The number of benzene rings is 2. The van der Waals surface area contributed by atoms with Crippen LogP contribution in [0.2, 0.25) is 0 Å². The fourth-order valence-corrected chi connectivity index (χ4v) is 4.82. The lowest BCUT2D eigenvalue weighted by molar-refractivity contribution is -0.136. The van der Waals surface area contributed by atoms with Crippen LogP contribution in [0, 0.1) is 0 Å². The topological polar surface area (TPSA) is 130 Å². The van der Waals surface area contributed by atoms with Crippen molar-refractivity contribution in [2.75, 3.05) is 30.8 Å². The Morgan fingerprint density at radius 3 is 2.49 bits per heavy atom. The van der Waals surface area contributed by atoms with Gasteiger partial charge in [-0.2, -0.15) is 0 Å². The second-order valence-electron chi connectivity index (χ2n) is 9.79. The molecule has 1 unspecified atom stereocenters. The molecule has 2 aliphatic heterocycles. The lowest BCUT2D eigenvalue weighted by Crippen LogP contribution is -2.54. The highest BCUT2D eigenvalue weighted by molar-refractivity contribution is 6.25. The second-order valence-corrected chi connectivity index (χ2v) is 9.79. The summed E-state index contributed by atoms with van der Waals surface area (Å²) in [5, 5.41) is 8.55. The van der Waals surface area contributed by atoms with E-state index in [1.54, 1.807) is 24.4 Å². The molecule has 0 spiro atoms. The molecule has 0 bridgehead atoms. The molecular weight excluding hydrogens is 522 g/mol. The highest BCUT2D eigenvalue weighted by Crippen LogP contribution is 2.32. The lowest BCUT2D eigenvalue weighted by Gasteiger charge is -2.27. The Morgan fingerprint density at radius 1 is 0.976 bits per heavy atom. The molecule has 4 amide bonds. The molecule has 0 saturated carbocycles. The van der Waals surface area contributed by atoms with Crippen molar-refractivity contribution in [1.29, 1.82) is 0 Å². The Bertz CT molecular complexity index is 1480. The van der Waals surface area contributed by atoms with Gasteiger partial charge in [0.1, 0.15) is 6.04 Å². The number of aromatic nitrogens is 1.